The molecule has 4 nitrogen and oxygen atoms in total. The van der Waals surface area contributed by atoms with Crippen molar-refractivity contribution in [1.82, 2.24) is 9.97 Å². The van der Waals surface area contributed by atoms with Crippen LogP contribution in [0.15, 0.2) is 41.1 Å². The standard InChI is InChI=1S/C14H13BrN4/c15-12-5-1-3-11(9-12)4-2-6-18-14-13(10-16)17-7-8-19-14/h1,3,5,7-9H,2,4,6H2,(H,18,19). The first-order valence-electron chi connectivity index (χ1n) is 5.99. The Hall–Kier alpha value is -1.93. The Balaban J connectivity index is 1.83. The monoisotopic (exact) mass is 316 g/mol. The fraction of sp³-hybridized carbons (Fsp3) is 0.214. The second-order valence-corrected chi connectivity index (χ2v) is 4.94. The molecule has 0 radical (unpaired) electrons. The predicted octanol–water partition coefficient (Wildman–Crippen LogP) is 3.16. The van der Waals surface area contributed by atoms with Gasteiger partial charge in [-0.2, -0.15) is 5.26 Å². The van der Waals surface area contributed by atoms with Crippen molar-refractivity contribution in [1.29, 1.82) is 5.26 Å². The van der Waals surface area contributed by atoms with Crippen molar-refractivity contribution < 1.29 is 0 Å². The number of hydrogen-bond donors (Lipinski definition) is 1. The van der Waals surface area contributed by atoms with E-state index >= 15 is 0 Å². The van der Waals surface area contributed by atoms with E-state index < -0.39 is 0 Å². The van der Waals surface area contributed by atoms with Crippen molar-refractivity contribution in [3.05, 3.63) is 52.4 Å². The summed E-state index contributed by atoms with van der Waals surface area (Å²) in [7, 11) is 0. The molecule has 1 aromatic heterocycles. The summed E-state index contributed by atoms with van der Waals surface area (Å²) in [5.74, 6) is 0.555. The third kappa shape index (κ3) is 4.04. The number of benzene rings is 1. The molecule has 0 aliphatic carbocycles. The van der Waals surface area contributed by atoms with Gasteiger partial charge in [0.1, 0.15) is 6.07 Å². The number of aromatic nitrogens is 2. The van der Waals surface area contributed by atoms with E-state index in [-0.39, 0.29) is 0 Å². The maximum absolute atomic E-state index is 8.89. The summed E-state index contributed by atoms with van der Waals surface area (Å²) in [6.45, 7) is 0.764. The first kappa shape index (κ1) is 13.5. The first-order chi connectivity index (χ1) is 9.29. The van der Waals surface area contributed by atoms with Crippen molar-refractivity contribution in [2.45, 2.75) is 12.8 Å². The molecule has 5 heteroatoms. The molecule has 0 unspecified atom stereocenters. The molecule has 0 saturated carbocycles. The van der Waals surface area contributed by atoms with Crippen molar-refractivity contribution in [2.24, 2.45) is 0 Å². The summed E-state index contributed by atoms with van der Waals surface area (Å²) in [5.41, 5.74) is 1.63. The van der Waals surface area contributed by atoms with E-state index in [1.54, 1.807) is 6.20 Å². The fourth-order valence-corrected chi connectivity index (χ4v) is 2.19. The Labute approximate surface area is 120 Å². The molecular formula is C14H13BrN4. The fourth-order valence-electron chi connectivity index (χ4n) is 1.74. The molecule has 0 spiro atoms. The zero-order chi connectivity index (χ0) is 13.5. The molecule has 19 heavy (non-hydrogen) atoms. The quantitative estimate of drug-likeness (QED) is 0.861. The van der Waals surface area contributed by atoms with Gasteiger partial charge in [-0.3, -0.25) is 0 Å². The highest BCUT2D eigenvalue weighted by Crippen LogP contribution is 2.13. The normalized spacial score (nSPS) is 9.89. The first-order valence-corrected chi connectivity index (χ1v) is 6.78. The SMILES string of the molecule is N#Cc1nccnc1NCCCc1cccc(Br)c1. The average Bonchev–Trinajstić information content (AvgIpc) is 2.44. The summed E-state index contributed by atoms with van der Waals surface area (Å²) in [6.07, 6.45) is 5.05. The van der Waals surface area contributed by atoms with Gasteiger partial charge in [0.15, 0.2) is 11.5 Å². The van der Waals surface area contributed by atoms with Crippen LogP contribution in [0.3, 0.4) is 0 Å². The molecule has 1 N–H and O–H groups in total. The predicted molar refractivity (Wildman–Crippen MR) is 77.7 cm³/mol. The van der Waals surface area contributed by atoms with Crippen molar-refractivity contribution in [2.75, 3.05) is 11.9 Å². The van der Waals surface area contributed by atoms with Gasteiger partial charge in [-0.1, -0.05) is 28.1 Å². The van der Waals surface area contributed by atoms with Gasteiger partial charge in [-0.05, 0) is 30.5 Å². The minimum Gasteiger partial charge on any atom is -0.368 e. The van der Waals surface area contributed by atoms with E-state index in [1.807, 2.05) is 18.2 Å². The third-order valence-electron chi connectivity index (χ3n) is 2.63. The molecule has 0 aliphatic heterocycles. The van der Waals surface area contributed by atoms with Crippen molar-refractivity contribution >= 4 is 21.7 Å². The molecule has 0 fully saturated rings. The van der Waals surface area contributed by atoms with E-state index in [0.29, 0.717) is 11.5 Å². The van der Waals surface area contributed by atoms with Gasteiger partial charge in [-0.25, -0.2) is 9.97 Å². The Morgan fingerprint density at radius 1 is 1.26 bits per heavy atom. The Kier molecular flexibility index (Phi) is 4.87. The van der Waals surface area contributed by atoms with Crippen LogP contribution in [0.2, 0.25) is 0 Å². The lowest BCUT2D eigenvalue weighted by atomic mass is 10.1. The lowest BCUT2D eigenvalue weighted by molar-refractivity contribution is 0.856. The molecule has 1 aromatic carbocycles. The van der Waals surface area contributed by atoms with E-state index in [0.717, 1.165) is 23.9 Å². The van der Waals surface area contributed by atoms with Gasteiger partial charge in [0.2, 0.25) is 0 Å². The number of nitrogens with one attached hydrogen (secondary N) is 1. The molecule has 2 rings (SSSR count). The van der Waals surface area contributed by atoms with Gasteiger partial charge in [-0.15, -0.1) is 0 Å². The molecule has 0 atom stereocenters. The van der Waals surface area contributed by atoms with Crippen LogP contribution in [0.25, 0.3) is 0 Å². The van der Waals surface area contributed by atoms with E-state index in [2.05, 4.69) is 43.3 Å². The molecule has 2 aromatic rings. The molecule has 0 amide bonds. The minimum atomic E-state index is 0.338. The largest absolute Gasteiger partial charge is 0.368 e. The summed E-state index contributed by atoms with van der Waals surface area (Å²) in [6, 6.07) is 10.3. The van der Waals surface area contributed by atoms with E-state index in [9.17, 15) is 0 Å². The zero-order valence-electron chi connectivity index (χ0n) is 10.3. The van der Waals surface area contributed by atoms with Crippen LogP contribution in [0.5, 0.6) is 0 Å². The van der Waals surface area contributed by atoms with Crippen LogP contribution in [0, 0.1) is 11.3 Å². The van der Waals surface area contributed by atoms with E-state index in [4.69, 9.17) is 5.26 Å². The number of hydrogen-bond acceptors (Lipinski definition) is 4. The lowest BCUT2D eigenvalue weighted by Gasteiger charge is -2.06. The Morgan fingerprint density at radius 3 is 2.89 bits per heavy atom. The minimum absolute atomic E-state index is 0.338. The summed E-state index contributed by atoms with van der Waals surface area (Å²) in [4.78, 5) is 8.06. The smallest absolute Gasteiger partial charge is 0.182 e. The highest BCUT2D eigenvalue weighted by molar-refractivity contribution is 9.10. The molecule has 1 heterocycles. The topological polar surface area (TPSA) is 61.6 Å². The summed E-state index contributed by atoms with van der Waals surface area (Å²) in [5, 5.41) is 12.0. The van der Waals surface area contributed by atoms with Crippen molar-refractivity contribution in [3.63, 3.8) is 0 Å². The number of nitriles is 1. The maximum atomic E-state index is 8.89. The second kappa shape index (κ2) is 6.86. The van der Waals surface area contributed by atoms with Gasteiger partial charge < -0.3 is 5.32 Å². The zero-order valence-corrected chi connectivity index (χ0v) is 11.9. The van der Waals surface area contributed by atoms with Crippen LogP contribution in [-0.4, -0.2) is 16.5 Å². The van der Waals surface area contributed by atoms with Crippen molar-refractivity contribution in [3.8, 4) is 6.07 Å². The lowest BCUT2D eigenvalue weighted by Crippen LogP contribution is -2.07. The highest BCUT2D eigenvalue weighted by atomic mass is 79.9. The van der Waals surface area contributed by atoms with Crippen LogP contribution in [0.4, 0.5) is 5.82 Å². The second-order valence-electron chi connectivity index (χ2n) is 4.03. The van der Waals surface area contributed by atoms with Gasteiger partial charge in [0.25, 0.3) is 0 Å². The molecular weight excluding hydrogens is 304 g/mol. The van der Waals surface area contributed by atoms with Crippen LogP contribution in [0.1, 0.15) is 17.7 Å². The van der Waals surface area contributed by atoms with Crippen LogP contribution in [-0.2, 0) is 6.42 Å². The molecule has 96 valence electrons. The number of aryl methyl sites for hydroxylation is 1. The number of rotatable bonds is 5. The summed E-state index contributed by atoms with van der Waals surface area (Å²) >= 11 is 3.46. The summed E-state index contributed by atoms with van der Waals surface area (Å²) < 4.78 is 1.10. The molecule has 0 bridgehead atoms. The Bertz CT molecular complexity index is 592. The van der Waals surface area contributed by atoms with Crippen LogP contribution >= 0.6 is 15.9 Å². The third-order valence-corrected chi connectivity index (χ3v) is 3.12. The number of nitrogens with zero attached hydrogens (tertiary/aromatic N) is 3. The van der Waals surface area contributed by atoms with Crippen LogP contribution < -0.4 is 5.32 Å². The highest BCUT2D eigenvalue weighted by Gasteiger charge is 2.02. The number of halogens is 1. The Morgan fingerprint density at radius 2 is 2.11 bits per heavy atom. The maximum Gasteiger partial charge on any atom is 0.182 e. The van der Waals surface area contributed by atoms with Gasteiger partial charge in [0.05, 0.1) is 0 Å². The number of anilines is 1. The van der Waals surface area contributed by atoms with Gasteiger partial charge >= 0.3 is 0 Å². The molecule has 0 aliphatic rings. The average molecular weight is 317 g/mol. The van der Waals surface area contributed by atoms with E-state index in [1.165, 1.54) is 11.8 Å². The van der Waals surface area contributed by atoms with Gasteiger partial charge in [0, 0.05) is 23.4 Å². The molecule has 0 saturated heterocycles.